The van der Waals surface area contributed by atoms with E-state index in [0.717, 1.165) is 44.3 Å². The van der Waals surface area contributed by atoms with Crippen LogP contribution in [0.5, 0.6) is 0 Å². The quantitative estimate of drug-likeness (QED) is 0.799. The number of methoxy groups -OCH3 is 1. The summed E-state index contributed by atoms with van der Waals surface area (Å²) in [5.41, 5.74) is 0. The maximum Gasteiger partial charge on any atom is 0.134 e. The van der Waals surface area contributed by atoms with Gasteiger partial charge in [-0.25, -0.2) is 9.97 Å². The van der Waals surface area contributed by atoms with Crippen molar-refractivity contribution in [2.45, 2.75) is 32.1 Å². The van der Waals surface area contributed by atoms with Gasteiger partial charge in [-0.2, -0.15) is 0 Å². The lowest BCUT2D eigenvalue weighted by molar-refractivity contribution is 0.198. The molecule has 0 atom stereocenters. The molecule has 1 fully saturated rings. The van der Waals surface area contributed by atoms with Crippen LogP contribution in [0.3, 0.4) is 0 Å². The first-order valence-corrected chi connectivity index (χ1v) is 7.20. The van der Waals surface area contributed by atoms with E-state index in [-0.39, 0.29) is 0 Å². The van der Waals surface area contributed by atoms with Crippen molar-refractivity contribution in [3.05, 3.63) is 12.4 Å². The summed E-state index contributed by atoms with van der Waals surface area (Å²) in [6, 6.07) is 2.05. The van der Waals surface area contributed by atoms with Gasteiger partial charge < -0.3 is 15.0 Å². The lowest BCUT2D eigenvalue weighted by Gasteiger charge is -2.21. The first-order chi connectivity index (χ1) is 9.40. The largest absolute Gasteiger partial charge is 0.385 e. The first-order valence-electron chi connectivity index (χ1n) is 7.20. The predicted octanol–water partition coefficient (Wildman–Crippen LogP) is 2.31. The lowest BCUT2D eigenvalue weighted by atomic mass is 10.2. The van der Waals surface area contributed by atoms with Gasteiger partial charge in [0.1, 0.15) is 18.0 Å². The topological polar surface area (TPSA) is 50.3 Å². The normalized spacial score (nSPS) is 16.2. The standard InChI is InChI=1S/C14H24N4O/c1-19-10-6-7-15-13-11-14(17-12-16-13)18-8-4-2-3-5-9-18/h11-12H,2-10H2,1H3,(H,15,16,17). The summed E-state index contributed by atoms with van der Waals surface area (Å²) in [4.78, 5) is 11.0. The van der Waals surface area contributed by atoms with E-state index in [2.05, 4.69) is 26.3 Å². The zero-order valence-electron chi connectivity index (χ0n) is 11.8. The Kier molecular flexibility index (Phi) is 5.88. The molecule has 1 saturated heterocycles. The Labute approximate surface area is 115 Å². The summed E-state index contributed by atoms with van der Waals surface area (Å²) < 4.78 is 5.03. The van der Waals surface area contributed by atoms with Gasteiger partial charge in [-0.05, 0) is 19.3 Å². The monoisotopic (exact) mass is 264 g/mol. The van der Waals surface area contributed by atoms with Gasteiger partial charge in [-0.3, -0.25) is 0 Å². The Hall–Kier alpha value is -1.36. The summed E-state index contributed by atoms with van der Waals surface area (Å²) in [7, 11) is 1.72. The van der Waals surface area contributed by atoms with Crippen LogP contribution in [0.15, 0.2) is 12.4 Å². The summed E-state index contributed by atoms with van der Waals surface area (Å²) in [5, 5.41) is 3.32. The van der Waals surface area contributed by atoms with E-state index in [0.29, 0.717) is 0 Å². The van der Waals surface area contributed by atoms with E-state index in [1.54, 1.807) is 13.4 Å². The predicted molar refractivity (Wildman–Crippen MR) is 77.7 cm³/mol. The minimum atomic E-state index is 0.775. The van der Waals surface area contributed by atoms with Gasteiger partial charge in [0.2, 0.25) is 0 Å². The summed E-state index contributed by atoms with van der Waals surface area (Å²) in [6.07, 6.45) is 7.84. The molecule has 0 bridgehead atoms. The molecule has 5 heteroatoms. The van der Waals surface area contributed by atoms with Crippen LogP contribution in [0, 0.1) is 0 Å². The van der Waals surface area contributed by atoms with Crippen molar-refractivity contribution in [1.29, 1.82) is 0 Å². The molecular weight excluding hydrogens is 240 g/mol. The highest BCUT2D eigenvalue weighted by Gasteiger charge is 2.11. The highest BCUT2D eigenvalue weighted by atomic mass is 16.5. The van der Waals surface area contributed by atoms with E-state index < -0.39 is 0 Å². The highest BCUT2D eigenvalue weighted by Crippen LogP contribution is 2.18. The fraction of sp³-hybridized carbons (Fsp3) is 0.714. The molecule has 0 aromatic carbocycles. The van der Waals surface area contributed by atoms with Gasteiger partial charge in [0.25, 0.3) is 0 Å². The van der Waals surface area contributed by atoms with Gasteiger partial charge in [0.05, 0.1) is 0 Å². The molecule has 1 aromatic heterocycles. The average Bonchev–Trinajstić information content (AvgIpc) is 2.73. The Bertz CT molecular complexity index is 364. The Morgan fingerprint density at radius 2 is 2.00 bits per heavy atom. The second-order valence-electron chi connectivity index (χ2n) is 4.94. The van der Waals surface area contributed by atoms with Gasteiger partial charge in [0.15, 0.2) is 0 Å². The molecule has 106 valence electrons. The van der Waals surface area contributed by atoms with Crippen LogP contribution in [0.1, 0.15) is 32.1 Å². The third-order valence-corrected chi connectivity index (χ3v) is 3.41. The number of aromatic nitrogens is 2. The molecular formula is C14H24N4O. The molecule has 2 rings (SSSR count). The highest BCUT2D eigenvalue weighted by molar-refractivity contribution is 5.48. The van der Waals surface area contributed by atoms with Crippen LogP contribution in [0.4, 0.5) is 11.6 Å². The molecule has 5 nitrogen and oxygen atoms in total. The summed E-state index contributed by atoms with van der Waals surface area (Å²) in [6.45, 7) is 3.88. The van der Waals surface area contributed by atoms with Gasteiger partial charge >= 0.3 is 0 Å². The van der Waals surface area contributed by atoms with Crippen molar-refractivity contribution in [2.24, 2.45) is 0 Å². The Balaban J connectivity index is 1.90. The van der Waals surface area contributed by atoms with Crippen molar-refractivity contribution >= 4 is 11.6 Å². The third-order valence-electron chi connectivity index (χ3n) is 3.41. The fourth-order valence-electron chi connectivity index (χ4n) is 2.35. The van der Waals surface area contributed by atoms with Crippen molar-refractivity contribution in [1.82, 2.24) is 9.97 Å². The number of hydrogen-bond donors (Lipinski definition) is 1. The van der Waals surface area contributed by atoms with Crippen LogP contribution < -0.4 is 10.2 Å². The molecule has 1 N–H and O–H groups in total. The molecule has 0 radical (unpaired) electrons. The second kappa shape index (κ2) is 7.94. The zero-order valence-corrected chi connectivity index (χ0v) is 11.8. The molecule has 0 aliphatic carbocycles. The molecule has 19 heavy (non-hydrogen) atoms. The molecule has 0 spiro atoms. The van der Waals surface area contributed by atoms with Crippen molar-refractivity contribution in [3.8, 4) is 0 Å². The van der Waals surface area contributed by atoms with Crippen molar-refractivity contribution in [3.63, 3.8) is 0 Å². The van der Waals surface area contributed by atoms with E-state index in [1.165, 1.54) is 25.7 Å². The molecule has 1 aliphatic heterocycles. The van der Waals surface area contributed by atoms with Crippen LogP contribution in [0.2, 0.25) is 0 Å². The van der Waals surface area contributed by atoms with Gasteiger partial charge in [0, 0.05) is 39.4 Å². The maximum absolute atomic E-state index is 5.03. The summed E-state index contributed by atoms with van der Waals surface area (Å²) in [5.74, 6) is 1.96. The van der Waals surface area contributed by atoms with E-state index >= 15 is 0 Å². The number of ether oxygens (including phenoxy) is 1. The van der Waals surface area contributed by atoms with Crippen LogP contribution in [-0.4, -0.2) is 43.3 Å². The minimum absolute atomic E-state index is 0.775. The smallest absolute Gasteiger partial charge is 0.134 e. The van der Waals surface area contributed by atoms with Gasteiger partial charge in [-0.1, -0.05) is 12.8 Å². The van der Waals surface area contributed by atoms with E-state index in [4.69, 9.17) is 4.74 Å². The molecule has 1 aliphatic rings. The van der Waals surface area contributed by atoms with E-state index in [9.17, 15) is 0 Å². The minimum Gasteiger partial charge on any atom is -0.385 e. The van der Waals surface area contributed by atoms with E-state index in [1.807, 2.05) is 0 Å². The molecule has 0 saturated carbocycles. The molecule has 0 unspecified atom stereocenters. The van der Waals surface area contributed by atoms with Crippen LogP contribution in [-0.2, 0) is 4.74 Å². The second-order valence-corrected chi connectivity index (χ2v) is 4.94. The van der Waals surface area contributed by atoms with Crippen LogP contribution >= 0.6 is 0 Å². The first kappa shape index (κ1) is 14.1. The van der Waals surface area contributed by atoms with Gasteiger partial charge in [-0.15, -0.1) is 0 Å². The SMILES string of the molecule is COCCCNc1cc(N2CCCCCC2)ncn1. The maximum atomic E-state index is 5.03. The molecule has 0 amide bonds. The van der Waals surface area contributed by atoms with Crippen LogP contribution in [0.25, 0.3) is 0 Å². The zero-order chi connectivity index (χ0) is 13.3. The van der Waals surface area contributed by atoms with Crippen molar-refractivity contribution < 1.29 is 4.74 Å². The molecule has 1 aromatic rings. The average molecular weight is 264 g/mol. The fourth-order valence-corrected chi connectivity index (χ4v) is 2.35. The number of rotatable bonds is 6. The Morgan fingerprint density at radius 3 is 2.74 bits per heavy atom. The van der Waals surface area contributed by atoms with Crippen molar-refractivity contribution in [2.75, 3.05) is 43.6 Å². The third kappa shape index (κ3) is 4.67. The lowest BCUT2D eigenvalue weighted by Crippen LogP contribution is -2.25. The number of anilines is 2. The molecule has 2 heterocycles. The summed E-state index contributed by atoms with van der Waals surface area (Å²) >= 11 is 0. The number of hydrogen-bond acceptors (Lipinski definition) is 5. The number of nitrogens with one attached hydrogen (secondary N) is 1. The number of nitrogens with zero attached hydrogens (tertiary/aromatic N) is 3. The Morgan fingerprint density at radius 1 is 1.21 bits per heavy atom.